The summed E-state index contributed by atoms with van der Waals surface area (Å²) in [6.07, 6.45) is 7.49. The van der Waals surface area contributed by atoms with Crippen LogP contribution in [0.5, 0.6) is 5.75 Å². The Bertz CT molecular complexity index is 541. The molecule has 0 aliphatic carbocycles. The van der Waals surface area contributed by atoms with E-state index in [2.05, 4.69) is 41.6 Å². The fourth-order valence-corrected chi connectivity index (χ4v) is 2.48. The summed E-state index contributed by atoms with van der Waals surface area (Å²) in [6.45, 7) is 3.91. The van der Waals surface area contributed by atoms with Gasteiger partial charge in [0.25, 0.3) is 0 Å². The van der Waals surface area contributed by atoms with Crippen molar-refractivity contribution in [2.45, 2.75) is 32.2 Å². The molecule has 20 heavy (non-hydrogen) atoms. The van der Waals surface area contributed by atoms with E-state index in [0.29, 0.717) is 6.04 Å². The standard InChI is InChI=1S/C16H21N3O/c1-13-5-7-15(8-6-13)19-11-16(10-18-19)20-12-14-4-2-3-9-17-14/h5-8,10-11,14,17H,2-4,9,12H2,1H3. The molecule has 1 unspecified atom stereocenters. The maximum absolute atomic E-state index is 5.83. The van der Waals surface area contributed by atoms with E-state index in [1.165, 1.54) is 24.8 Å². The summed E-state index contributed by atoms with van der Waals surface area (Å²) >= 11 is 0. The van der Waals surface area contributed by atoms with E-state index < -0.39 is 0 Å². The van der Waals surface area contributed by atoms with E-state index in [9.17, 15) is 0 Å². The molecule has 3 rings (SSSR count). The van der Waals surface area contributed by atoms with E-state index in [1.807, 2.05) is 10.9 Å². The lowest BCUT2D eigenvalue weighted by Gasteiger charge is -2.22. The number of nitrogens with zero attached hydrogens (tertiary/aromatic N) is 2. The molecule has 1 saturated heterocycles. The fourth-order valence-electron chi connectivity index (χ4n) is 2.48. The highest BCUT2D eigenvalue weighted by Crippen LogP contribution is 2.15. The average molecular weight is 271 g/mol. The first-order valence-corrected chi connectivity index (χ1v) is 7.29. The van der Waals surface area contributed by atoms with Crippen LogP contribution in [0.25, 0.3) is 5.69 Å². The Balaban J connectivity index is 1.60. The van der Waals surface area contributed by atoms with Crippen molar-refractivity contribution in [3.63, 3.8) is 0 Å². The molecule has 1 fully saturated rings. The van der Waals surface area contributed by atoms with E-state index in [-0.39, 0.29) is 0 Å². The second-order valence-electron chi connectivity index (χ2n) is 5.41. The molecule has 1 aliphatic heterocycles. The van der Waals surface area contributed by atoms with Crippen LogP contribution < -0.4 is 10.1 Å². The van der Waals surface area contributed by atoms with Gasteiger partial charge >= 0.3 is 0 Å². The number of benzene rings is 1. The van der Waals surface area contributed by atoms with E-state index in [1.54, 1.807) is 6.20 Å². The molecule has 1 aromatic heterocycles. The molecule has 1 atom stereocenters. The van der Waals surface area contributed by atoms with Crippen molar-refractivity contribution in [3.05, 3.63) is 42.2 Å². The van der Waals surface area contributed by atoms with Crippen LogP contribution >= 0.6 is 0 Å². The smallest absolute Gasteiger partial charge is 0.157 e. The van der Waals surface area contributed by atoms with Gasteiger partial charge in [0, 0.05) is 6.04 Å². The molecule has 106 valence electrons. The molecule has 0 radical (unpaired) electrons. The highest BCUT2D eigenvalue weighted by Gasteiger charge is 2.13. The number of rotatable bonds is 4. The number of piperidine rings is 1. The summed E-state index contributed by atoms with van der Waals surface area (Å²) in [6, 6.07) is 8.78. The van der Waals surface area contributed by atoms with Gasteiger partial charge in [0.05, 0.1) is 18.1 Å². The Labute approximate surface area is 119 Å². The normalized spacial score (nSPS) is 18.9. The maximum Gasteiger partial charge on any atom is 0.157 e. The molecule has 0 spiro atoms. The number of hydrogen-bond acceptors (Lipinski definition) is 3. The topological polar surface area (TPSA) is 39.1 Å². The molecule has 0 bridgehead atoms. The van der Waals surface area contributed by atoms with Crippen LogP contribution in [0.2, 0.25) is 0 Å². The summed E-state index contributed by atoms with van der Waals surface area (Å²) < 4.78 is 7.68. The van der Waals surface area contributed by atoms with Crippen molar-refractivity contribution in [1.82, 2.24) is 15.1 Å². The lowest BCUT2D eigenvalue weighted by atomic mass is 10.1. The zero-order valence-corrected chi connectivity index (χ0v) is 11.9. The first-order chi connectivity index (χ1) is 9.81. The zero-order valence-electron chi connectivity index (χ0n) is 11.9. The molecular formula is C16H21N3O. The second kappa shape index (κ2) is 6.09. The van der Waals surface area contributed by atoms with Crippen LogP contribution in [0.3, 0.4) is 0 Å². The van der Waals surface area contributed by atoms with Crippen molar-refractivity contribution in [2.24, 2.45) is 0 Å². The van der Waals surface area contributed by atoms with Gasteiger partial charge in [0.1, 0.15) is 6.61 Å². The third kappa shape index (κ3) is 3.20. The Morgan fingerprint density at radius 2 is 2.15 bits per heavy atom. The van der Waals surface area contributed by atoms with Crippen molar-refractivity contribution in [3.8, 4) is 11.4 Å². The van der Waals surface area contributed by atoms with Crippen LogP contribution in [-0.2, 0) is 0 Å². The number of hydrogen-bond donors (Lipinski definition) is 1. The third-order valence-corrected chi connectivity index (χ3v) is 3.72. The molecule has 2 aromatic rings. The van der Waals surface area contributed by atoms with Crippen LogP contribution in [0.15, 0.2) is 36.7 Å². The number of aromatic nitrogens is 2. The molecule has 0 amide bonds. The van der Waals surface area contributed by atoms with Crippen molar-refractivity contribution < 1.29 is 4.74 Å². The Morgan fingerprint density at radius 3 is 2.90 bits per heavy atom. The highest BCUT2D eigenvalue weighted by atomic mass is 16.5. The van der Waals surface area contributed by atoms with Gasteiger partial charge in [-0.2, -0.15) is 5.10 Å². The van der Waals surface area contributed by atoms with Crippen LogP contribution in [-0.4, -0.2) is 29.0 Å². The quantitative estimate of drug-likeness (QED) is 0.929. The van der Waals surface area contributed by atoms with E-state index >= 15 is 0 Å². The molecule has 2 heterocycles. The first kappa shape index (κ1) is 13.2. The van der Waals surface area contributed by atoms with Gasteiger partial charge in [-0.3, -0.25) is 0 Å². The SMILES string of the molecule is Cc1ccc(-n2cc(OCC3CCCCN3)cn2)cc1. The van der Waals surface area contributed by atoms with Gasteiger partial charge in [0.2, 0.25) is 0 Å². The lowest BCUT2D eigenvalue weighted by molar-refractivity contribution is 0.239. The van der Waals surface area contributed by atoms with E-state index in [4.69, 9.17) is 4.74 Å². The van der Waals surface area contributed by atoms with Gasteiger partial charge in [0.15, 0.2) is 5.75 Å². The van der Waals surface area contributed by atoms with Gasteiger partial charge in [-0.25, -0.2) is 4.68 Å². The summed E-state index contributed by atoms with van der Waals surface area (Å²) in [5, 5.41) is 7.83. The predicted molar refractivity (Wildman–Crippen MR) is 79.4 cm³/mol. The average Bonchev–Trinajstić information content (AvgIpc) is 2.96. The summed E-state index contributed by atoms with van der Waals surface area (Å²) in [5.41, 5.74) is 2.31. The van der Waals surface area contributed by atoms with Crippen LogP contribution in [0, 0.1) is 6.92 Å². The number of ether oxygens (including phenoxy) is 1. The summed E-state index contributed by atoms with van der Waals surface area (Å²) in [7, 11) is 0. The van der Waals surface area contributed by atoms with Crippen molar-refractivity contribution >= 4 is 0 Å². The second-order valence-corrected chi connectivity index (χ2v) is 5.41. The minimum absolute atomic E-state index is 0.478. The zero-order chi connectivity index (χ0) is 13.8. The summed E-state index contributed by atoms with van der Waals surface area (Å²) in [5.74, 6) is 0.831. The fraction of sp³-hybridized carbons (Fsp3) is 0.438. The molecule has 4 nitrogen and oxygen atoms in total. The Morgan fingerprint density at radius 1 is 1.30 bits per heavy atom. The lowest BCUT2D eigenvalue weighted by Crippen LogP contribution is -2.38. The van der Waals surface area contributed by atoms with Gasteiger partial charge in [-0.15, -0.1) is 0 Å². The third-order valence-electron chi connectivity index (χ3n) is 3.72. The number of aryl methyl sites for hydroxylation is 1. The molecule has 4 heteroatoms. The van der Waals surface area contributed by atoms with Gasteiger partial charge in [-0.1, -0.05) is 24.1 Å². The van der Waals surface area contributed by atoms with E-state index in [0.717, 1.165) is 24.6 Å². The Hall–Kier alpha value is -1.81. The molecule has 0 saturated carbocycles. The minimum atomic E-state index is 0.478. The first-order valence-electron chi connectivity index (χ1n) is 7.29. The van der Waals surface area contributed by atoms with Crippen molar-refractivity contribution in [2.75, 3.05) is 13.2 Å². The largest absolute Gasteiger partial charge is 0.489 e. The monoisotopic (exact) mass is 271 g/mol. The maximum atomic E-state index is 5.83. The summed E-state index contributed by atoms with van der Waals surface area (Å²) in [4.78, 5) is 0. The van der Waals surface area contributed by atoms with Crippen LogP contribution in [0.4, 0.5) is 0 Å². The number of nitrogens with one attached hydrogen (secondary N) is 1. The highest BCUT2D eigenvalue weighted by molar-refractivity contribution is 5.34. The molecule has 1 aliphatic rings. The predicted octanol–water partition coefficient (Wildman–Crippen LogP) is 2.70. The minimum Gasteiger partial charge on any atom is -0.489 e. The van der Waals surface area contributed by atoms with Crippen molar-refractivity contribution in [1.29, 1.82) is 0 Å². The molecule has 1 aromatic carbocycles. The van der Waals surface area contributed by atoms with Crippen LogP contribution in [0.1, 0.15) is 24.8 Å². The molecular weight excluding hydrogens is 250 g/mol. The van der Waals surface area contributed by atoms with Gasteiger partial charge in [-0.05, 0) is 38.4 Å². The van der Waals surface area contributed by atoms with Gasteiger partial charge < -0.3 is 10.1 Å². The Kier molecular flexibility index (Phi) is 4.02. The molecule has 1 N–H and O–H groups in total.